The van der Waals surface area contributed by atoms with Gasteiger partial charge in [-0.05, 0) is 48.2 Å². The molecule has 1 aliphatic carbocycles. The van der Waals surface area contributed by atoms with E-state index >= 15 is 0 Å². The maximum atomic E-state index is 12.8. The van der Waals surface area contributed by atoms with E-state index in [9.17, 15) is 18.0 Å². The first-order chi connectivity index (χ1) is 14.8. The summed E-state index contributed by atoms with van der Waals surface area (Å²) in [6.07, 6.45) is -2.33. The zero-order valence-corrected chi connectivity index (χ0v) is 19.9. The SMILES string of the molecule is CN=C(NCc1cccc(OCC(=O)NC2CC2)c1)NCc1cccc(C(F)(F)F)c1.I. The van der Waals surface area contributed by atoms with Crippen molar-refractivity contribution in [1.29, 1.82) is 0 Å². The van der Waals surface area contributed by atoms with Crippen LogP contribution in [0.25, 0.3) is 0 Å². The summed E-state index contributed by atoms with van der Waals surface area (Å²) < 4.78 is 44.1. The van der Waals surface area contributed by atoms with E-state index < -0.39 is 11.7 Å². The van der Waals surface area contributed by atoms with Crippen LogP contribution < -0.4 is 20.7 Å². The Morgan fingerprint density at radius 1 is 1.06 bits per heavy atom. The quantitative estimate of drug-likeness (QED) is 0.260. The molecule has 10 heteroatoms. The Bertz CT molecular complexity index is 933. The lowest BCUT2D eigenvalue weighted by Crippen LogP contribution is -2.36. The topological polar surface area (TPSA) is 74.8 Å². The molecular weight excluding hydrogens is 536 g/mol. The molecule has 6 nitrogen and oxygen atoms in total. The van der Waals surface area contributed by atoms with Crippen LogP contribution in [-0.4, -0.2) is 31.6 Å². The number of nitrogens with zero attached hydrogens (tertiary/aromatic N) is 1. The number of nitrogens with one attached hydrogen (secondary N) is 3. The Balaban J connectivity index is 0.00000363. The van der Waals surface area contributed by atoms with Crippen molar-refractivity contribution in [2.24, 2.45) is 4.99 Å². The fourth-order valence-corrected chi connectivity index (χ4v) is 2.84. The molecule has 0 radical (unpaired) electrons. The van der Waals surface area contributed by atoms with E-state index in [0.717, 1.165) is 30.5 Å². The molecule has 0 heterocycles. The van der Waals surface area contributed by atoms with Gasteiger partial charge in [-0.15, -0.1) is 24.0 Å². The number of carbonyl (C=O) groups is 1. The standard InChI is InChI=1S/C22H25F3N4O2.HI/c1-26-21(27-12-15-4-2-6-17(10-15)22(23,24)25)28-13-16-5-3-7-19(11-16)31-14-20(30)29-18-8-9-18;/h2-7,10-11,18H,8-9,12-14H2,1H3,(H,29,30)(H2,26,27,28);1H. The maximum Gasteiger partial charge on any atom is 0.416 e. The van der Waals surface area contributed by atoms with Gasteiger partial charge in [0.25, 0.3) is 5.91 Å². The lowest BCUT2D eigenvalue weighted by atomic mass is 10.1. The highest BCUT2D eigenvalue weighted by Crippen LogP contribution is 2.29. The zero-order chi connectivity index (χ0) is 22.3. The molecule has 2 aromatic rings. The average molecular weight is 562 g/mol. The van der Waals surface area contributed by atoms with Gasteiger partial charge in [-0.25, -0.2) is 0 Å². The molecule has 0 aliphatic heterocycles. The monoisotopic (exact) mass is 562 g/mol. The number of guanidine groups is 1. The first-order valence-electron chi connectivity index (χ1n) is 9.95. The number of aliphatic imine (C=N–C) groups is 1. The molecule has 3 rings (SSSR count). The van der Waals surface area contributed by atoms with Crippen molar-refractivity contribution in [3.8, 4) is 5.75 Å². The number of benzene rings is 2. The van der Waals surface area contributed by atoms with Gasteiger partial charge in [0.1, 0.15) is 5.75 Å². The third-order valence-electron chi connectivity index (χ3n) is 4.61. The molecule has 0 atom stereocenters. The van der Waals surface area contributed by atoms with Crippen molar-refractivity contribution in [2.75, 3.05) is 13.7 Å². The van der Waals surface area contributed by atoms with Gasteiger partial charge in [0, 0.05) is 26.2 Å². The Morgan fingerprint density at radius 2 is 1.69 bits per heavy atom. The van der Waals surface area contributed by atoms with Crippen LogP contribution in [0.15, 0.2) is 53.5 Å². The number of carbonyl (C=O) groups excluding carboxylic acids is 1. The second-order valence-electron chi connectivity index (χ2n) is 7.26. The number of hydrogen-bond acceptors (Lipinski definition) is 3. The van der Waals surface area contributed by atoms with E-state index in [1.165, 1.54) is 6.07 Å². The number of hydrogen-bond donors (Lipinski definition) is 3. The van der Waals surface area contributed by atoms with Gasteiger partial charge in [0.15, 0.2) is 12.6 Å². The molecule has 0 saturated heterocycles. The molecule has 32 heavy (non-hydrogen) atoms. The van der Waals surface area contributed by atoms with Crippen LogP contribution in [-0.2, 0) is 24.1 Å². The van der Waals surface area contributed by atoms with Crippen LogP contribution in [0.5, 0.6) is 5.75 Å². The minimum absolute atomic E-state index is 0. The smallest absolute Gasteiger partial charge is 0.416 e. The first-order valence-corrected chi connectivity index (χ1v) is 9.95. The van der Waals surface area contributed by atoms with Gasteiger partial charge in [-0.1, -0.05) is 24.3 Å². The van der Waals surface area contributed by atoms with Crippen LogP contribution in [0, 0.1) is 0 Å². The van der Waals surface area contributed by atoms with Crippen LogP contribution in [0.4, 0.5) is 13.2 Å². The van der Waals surface area contributed by atoms with Gasteiger partial charge in [-0.2, -0.15) is 13.2 Å². The minimum atomic E-state index is -4.37. The molecule has 0 aromatic heterocycles. The normalized spacial score (nSPS) is 13.7. The molecule has 0 unspecified atom stereocenters. The van der Waals surface area contributed by atoms with Crippen LogP contribution >= 0.6 is 24.0 Å². The third-order valence-corrected chi connectivity index (χ3v) is 4.61. The van der Waals surface area contributed by atoms with Crippen molar-refractivity contribution in [2.45, 2.75) is 38.1 Å². The first kappa shape index (κ1) is 25.8. The Kier molecular flexibility index (Phi) is 9.60. The van der Waals surface area contributed by atoms with Gasteiger partial charge >= 0.3 is 6.18 Å². The van der Waals surface area contributed by atoms with E-state index in [2.05, 4.69) is 20.9 Å². The van der Waals surface area contributed by atoms with E-state index in [-0.39, 0.29) is 43.0 Å². The summed E-state index contributed by atoms with van der Waals surface area (Å²) in [5.74, 6) is 0.898. The fraction of sp³-hybridized carbons (Fsp3) is 0.364. The van der Waals surface area contributed by atoms with E-state index in [1.807, 2.05) is 18.2 Å². The van der Waals surface area contributed by atoms with Crippen molar-refractivity contribution in [3.05, 3.63) is 65.2 Å². The van der Waals surface area contributed by atoms with Crippen molar-refractivity contribution in [1.82, 2.24) is 16.0 Å². The highest BCUT2D eigenvalue weighted by Gasteiger charge is 2.30. The second-order valence-corrected chi connectivity index (χ2v) is 7.26. The predicted octanol–water partition coefficient (Wildman–Crippen LogP) is 3.85. The molecule has 174 valence electrons. The molecule has 0 spiro atoms. The Hall–Kier alpha value is -2.50. The molecular formula is C22H26F3IN4O2. The van der Waals surface area contributed by atoms with Gasteiger partial charge in [0.2, 0.25) is 0 Å². The van der Waals surface area contributed by atoms with Crippen molar-refractivity contribution < 1.29 is 22.7 Å². The summed E-state index contributed by atoms with van der Waals surface area (Å²) in [6.45, 7) is 0.587. The van der Waals surface area contributed by atoms with Crippen LogP contribution in [0.3, 0.4) is 0 Å². The molecule has 1 fully saturated rings. The lowest BCUT2D eigenvalue weighted by molar-refractivity contribution is -0.137. The van der Waals surface area contributed by atoms with E-state index in [4.69, 9.17) is 4.74 Å². The molecule has 0 bridgehead atoms. The number of ether oxygens (including phenoxy) is 1. The molecule has 1 saturated carbocycles. The summed E-state index contributed by atoms with van der Waals surface area (Å²) in [6, 6.07) is 12.8. The molecule has 3 N–H and O–H groups in total. The van der Waals surface area contributed by atoms with Crippen molar-refractivity contribution >= 4 is 35.8 Å². The number of rotatable bonds is 8. The fourth-order valence-electron chi connectivity index (χ4n) is 2.84. The summed E-state index contributed by atoms with van der Waals surface area (Å²) in [7, 11) is 1.58. The average Bonchev–Trinajstić information content (AvgIpc) is 3.56. The zero-order valence-electron chi connectivity index (χ0n) is 17.5. The van der Waals surface area contributed by atoms with Gasteiger partial charge in [-0.3, -0.25) is 9.79 Å². The number of amides is 1. The van der Waals surface area contributed by atoms with E-state index in [0.29, 0.717) is 29.9 Å². The second kappa shape index (κ2) is 11.9. The highest BCUT2D eigenvalue weighted by atomic mass is 127. The minimum Gasteiger partial charge on any atom is -0.484 e. The Morgan fingerprint density at radius 3 is 2.28 bits per heavy atom. The predicted molar refractivity (Wildman–Crippen MR) is 127 cm³/mol. The molecule has 2 aromatic carbocycles. The molecule has 1 amide bonds. The third kappa shape index (κ3) is 8.56. The van der Waals surface area contributed by atoms with Gasteiger partial charge < -0.3 is 20.7 Å². The summed E-state index contributed by atoms with van der Waals surface area (Å²) >= 11 is 0. The largest absolute Gasteiger partial charge is 0.484 e. The highest BCUT2D eigenvalue weighted by molar-refractivity contribution is 14.0. The number of halogens is 4. The Labute approximate surface area is 202 Å². The molecule has 1 aliphatic rings. The van der Waals surface area contributed by atoms with Crippen LogP contribution in [0.2, 0.25) is 0 Å². The summed E-state index contributed by atoms with van der Waals surface area (Å²) in [4.78, 5) is 15.8. The maximum absolute atomic E-state index is 12.8. The number of alkyl halides is 3. The van der Waals surface area contributed by atoms with Crippen LogP contribution in [0.1, 0.15) is 29.5 Å². The van der Waals surface area contributed by atoms with Crippen molar-refractivity contribution in [3.63, 3.8) is 0 Å². The lowest BCUT2D eigenvalue weighted by Gasteiger charge is -2.14. The summed E-state index contributed by atoms with van der Waals surface area (Å²) in [5, 5.41) is 8.97. The van der Waals surface area contributed by atoms with E-state index in [1.54, 1.807) is 19.2 Å². The van der Waals surface area contributed by atoms with Gasteiger partial charge in [0.05, 0.1) is 5.56 Å². The summed E-state index contributed by atoms with van der Waals surface area (Å²) in [5.41, 5.74) is 0.720.